The number of amides is 2. The van der Waals surface area contributed by atoms with Crippen LogP contribution in [-0.2, 0) is 10.7 Å². The lowest BCUT2D eigenvalue weighted by Gasteiger charge is -2.11. The van der Waals surface area contributed by atoms with Crippen molar-refractivity contribution in [2.75, 3.05) is 6.54 Å². The summed E-state index contributed by atoms with van der Waals surface area (Å²) < 4.78 is 35.9. The van der Waals surface area contributed by atoms with Gasteiger partial charge in [0.1, 0.15) is 6.10 Å². The third-order valence-corrected chi connectivity index (χ3v) is 2.72. The van der Waals surface area contributed by atoms with Crippen molar-refractivity contribution >= 4 is 6.03 Å². The summed E-state index contributed by atoms with van der Waals surface area (Å²) in [6.07, 6.45) is 0.484. The summed E-state index contributed by atoms with van der Waals surface area (Å²) >= 11 is 0. The Balaban J connectivity index is 1.93. The van der Waals surface area contributed by atoms with E-state index in [1.54, 1.807) is 0 Å². The lowest BCUT2D eigenvalue weighted by molar-refractivity contribution is -0.0158. The summed E-state index contributed by atoms with van der Waals surface area (Å²) in [5.41, 5.74) is 4.94. The molecule has 2 amide bonds. The summed E-state index contributed by atoms with van der Waals surface area (Å²) in [6, 6.07) is -0.639. The average molecular weight is 276 g/mol. The maximum atomic E-state index is 12.9. The minimum atomic E-state index is -3.17. The second-order valence-electron chi connectivity index (χ2n) is 4.42. The van der Waals surface area contributed by atoms with Gasteiger partial charge in [-0.05, 0) is 12.8 Å². The normalized spacial score (nSPS) is 23.5. The number of alkyl halides is 2. The molecule has 0 aromatic carbocycles. The van der Waals surface area contributed by atoms with Gasteiger partial charge in [-0.25, -0.2) is 4.79 Å². The van der Waals surface area contributed by atoms with Crippen LogP contribution in [0.5, 0.6) is 0 Å². The first-order valence-electron chi connectivity index (χ1n) is 5.77. The number of primary amides is 1. The third-order valence-electron chi connectivity index (χ3n) is 2.72. The van der Waals surface area contributed by atoms with Crippen molar-refractivity contribution < 1.29 is 22.8 Å². The van der Waals surface area contributed by atoms with Gasteiger partial charge in [0.25, 0.3) is 5.89 Å². The second-order valence-corrected chi connectivity index (χ2v) is 4.42. The fourth-order valence-corrected chi connectivity index (χ4v) is 1.80. The van der Waals surface area contributed by atoms with Crippen LogP contribution in [0.1, 0.15) is 37.6 Å². The Morgan fingerprint density at radius 1 is 1.58 bits per heavy atom. The van der Waals surface area contributed by atoms with E-state index in [9.17, 15) is 13.6 Å². The quantitative estimate of drug-likeness (QED) is 0.856. The molecule has 1 fully saturated rings. The molecule has 1 saturated heterocycles. The molecule has 2 rings (SSSR count). The fraction of sp³-hybridized carbons (Fsp3) is 0.700. The fourth-order valence-electron chi connectivity index (χ4n) is 1.80. The molecule has 1 aliphatic heterocycles. The predicted octanol–water partition coefficient (Wildman–Crippen LogP) is 1.07. The molecule has 7 nitrogen and oxygen atoms in total. The number of nitrogens with zero attached hydrogens (tertiary/aromatic N) is 2. The van der Waals surface area contributed by atoms with E-state index in [1.807, 2.05) is 0 Å². The van der Waals surface area contributed by atoms with Crippen LogP contribution in [0.3, 0.4) is 0 Å². The van der Waals surface area contributed by atoms with Crippen LogP contribution in [0.25, 0.3) is 0 Å². The lowest BCUT2D eigenvalue weighted by Crippen LogP contribution is -2.35. The highest BCUT2D eigenvalue weighted by Crippen LogP contribution is 2.33. The zero-order chi connectivity index (χ0) is 14.0. The Morgan fingerprint density at radius 3 is 2.89 bits per heavy atom. The number of carbonyl (C=O) groups is 1. The van der Waals surface area contributed by atoms with Gasteiger partial charge in [-0.2, -0.15) is 13.8 Å². The van der Waals surface area contributed by atoms with Crippen LogP contribution >= 0.6 is 0 Å². The van der Waals surface area contributed by atoms with Crippen molar-refractivity contribution in [3.8, 4) is 0 Å². The Labute approximate surface area is 107 Å². The Kier molecular flexibility index (Phi) is 3.65. The molecular formula is C10H14F2N4O3. The average Bonchev–Trinajstić information content (AvgIpc) is 2.94. The van der Waals surface area contributed by atoms with E-state index in [0.29, 0.717) is 19.8 Å². The lowest BCUT2D eigenvalue weighted by atomic mass is 10.2. The predicted molar refractivity (Wildman–Crippen MR) is 58.3 cm³/mol. The van der Waals surface area contributed by atoms with Crippen molar-refractivity contribution in [3.63, 3.8) is 0 Å². The first-order chi connectivity index (χ1) is 8.86. The van der Waals surface area contributed by atoms with Crippen molar-refractivity contribution in [3.05, 3.63) is 11.7 Å². The third kappa shape index (κ3) is 3.37. The van der Waals surface area contributed by atoms with Gasteiger partial charge >= 0.3 is 12.0 Å². The van der Waals surface area contributed by atoms with Crippen molar-refractivity contribution in [1.29, 1.82) is 0 Å². The number of hydrogen-bond donors (Lipinski definition) is 2. The molecule has 0 saturated carbocycles. The Hall–Kier alpha value is -1.77. The number of hydrogen-bond acceptors (Lipinski definition) is 5. The first kappa shape index (κ1) is 13.7. The molecule has 19 heavy (non-hydrogen) atoms. The molecule has 3 N–H and O–H groups in total. The van der Waals surface area contributed by atoms with E-state index >= 15 is 0 Å². The summed E-state index contributed by atoms with van der Waals surface area (Å²) in [5, 5.41) is 5.91. The number of aromatic nitrogens is 2. The van der Waals surface area contributed by atoms with E-state index in [4.69, 9.17) is 10.5 Å². The Bertz CT molecular complexity index is 460. The van der Waals surface area contributed by atoms with Crippen LogP contribution in [0, 0.1) is 0 Å². The topological polar surface area (TPSA) is 103 Å². The number of carbonyl (C=O) groups excluding carboxylic acids is 1. The highest BCUT2D eigenvalue weighted by atomic mass is 19.3. The van der Waals surface area contributed by atoms with Crippen LogP contribution in [0.4, 0.5) is 13.6 Å². The maximum Gasteiger partial charge on any atom is 0.322 e. The molecular weight excluding hydrogens is 262 g/mol. The maximum absolute atomic E-state index is 12.9. The van der Waals surface area contributed by atoms with Gasteiger partial charge in [-0.1, -0.05) is 5.16 Å². The van der Waals surface area contributed by atoms with Crippen molar-refractivity contribution in [1.82, 2.24) is 15.5 Å². The van der Waals surface area contributed by atoms with Gasteiger partial charge in [0, 0.05) is 13.5 Å². The SMILES string of the molecule is CC(F)(F)c1nc(C2CCC(CNC(N)=O)O2)no1. The first-order valence-corrected chi connectivity index (χ1v) is 5.77. The Morgan fingerprint density at radius 2 is 2.32 bits per heavy atom. The van der Waals surface area contributed by atoms with Crippen LogP contribution in [0.15, 0.2) is 4.52 Å². The second kappa shape index (κ2) is 5.08. The molecule has 0 bridgehead atoms. The number of urea groups is 1. The van der Waals surface area contributed by atoms with Gasteiger partial charge in [0.15, 0.2) is 0 Å². The number of rotatable bonds is 4. The summed E-state index contributed by atoms with van der Waals surface area (Å²) in [4.78, 5) is 14.2. The van der Waals surface area contributed by atoms with Gasteiger partial charge in [0.2, 0.25) is 5.82 Å². The molecule has 0 aliphatic carbocycles. The molecule has 9 heteroatoms. The molecule has 106 valence electrons. The number of nitrogens with two attached hydrogens (primary N) is 1. The standard InChI is InChI=1S/C10H14F2N4O3/c1-10(11,12)8-15-7(16-19-8)6-3-2-5(18-6)4-14-9(13)17/h5-6H,2-4H2,1H3,(H3,13,14,17). The molecule has 2 heterocycles. The summed E-state index contributed by atoms with van der Waals surface area (Å²) in [5.74, 6) is -3.81. The smallest absolute Gasteiger partial charge is 0.322 e. The molecule has 2 unspecified atom stereocenters. The van der Waals surface area contributed by atoms with E-state index in [-0.39, 0.29) is 18.5 Å². The van der Waals surface area contributed by atoms with E-state index in [2.05, 4.69) is 20.0 Å². The zero-order valence-electron chi connectivity index (χ0n) is 10.2. The number of halogens is 2. The molecule has 1 aromatic rings. The molecule has 0 radical (unpaired) electrons. The van der Waals surface area contributed by atoms with Crippen LogP contribution < -0.4 is 11.1 Å². The summed E-state index contributed by atoms with van der Waals surface area (Å²) in [6.45, 7) is 0.944. The highest BCUT2D eigenvalue weighted by Gasteiger charge is 2.35. The van der Waals surface area contributed by atoms with E-state index in [0.717, 1.165) is 0 Å². The largest absolute Gasteiger partial charge is 0.365 e. The van der Waals surface area contributed by atoms with Gasteiger partial charge in [-0.15, -0.1) is 0 Å². The van der Waals surface area contributed by atoms with Crippen molar-refractivity contribution in [2.24, 2.45) is 5.73 Å². The van der Waals surface area contributed by atoms with Gasteiger partial charge in [0.05, 0.1) is 6.10 Å². The molecule has 1 aliphatic rings. The molecule has 0 spiro atoms. The molecule has 2 atom stereocenters. The van der Waals surface area contributed by atoms with Gasteiger partial charge < -0.3 is 20.3 Å². The van der Waals surface area contributed by atoms with Crippen LogP contribution in [-0.4, -0.2) is 28.8 Å². The monoisotopic (exact) mass is 276 g/mol. The number of nitrogens with one attached hydrogen (secondary N) is 1. The minimum absolute atomic E-state index is 0.0955. The summed E-state index contributed by atoms with van der Waals surface area (Å²) in [7, 11) is 0. The molecule has 1 aromatic heterocycles. The zero-order valence-corrected chi connectivity index (χ0v) is 10.2. The minimum Gasteiger partial charge on any atom is -0.365 e. The van der Waals surface area contributed by atoms with E-state index < -0.39 is 23.9 Å². The number of ether oxygens (including phenoxy) is 1. The van der Waals surface area contributed by atoms with Crippen molar-refractivity contribution in [2.45, 2.75) is 37.9 Å². The van der Waals surface area contributed by atoms with Crippen LogP contribution in [0.2, 0.25) is 0 Å². The van der Waals surface area contributed by atoms with Gasteiger partial charge in [-0.3, -0.25) is 0 Å². The highest BCUT2D eigenvalue weighted by molar-refractivity contribution is 5.71. The van der Waals surface area contributed by atoms with E-state index in [1.165, 1.54) is 0 Å².